The first kappa shape index (κ1) is 25.7. The third kappa shape index (κ3) is 6.45. The van der Waals surface area contributed by atoms with Crippen molar-refractivity contribution in [1.29, 1.82) is 0 Å². The van der Waals surface area contributed by atoms with E-state index in [4.69, 9.17) is 36.2 Å². The molecule has 33 heavy (non-hydrogen) atoms. The van der Waals surface area contributed by atoms with Crippen molar-refractivity contribution in [2.45, 2.75) is 0 Å². The minimum absolute atomic E-state index is 0.155. The Kier molecular flexibility index (Phi) is 9.23. The molecule has 0 aliphatic carbocycles. The largest absolute Gasteiger partial charge is 0.497 e. The Morgan fingerprint density at radius 1 is 0.939 bits per heavy atom. The topological polar surface area (TPSA) is 135 Å². The van der Waals surface area contributed by atoms with Crippen molar-refractivity contribution in [3.63, 3.8) is 0 Å². The maximum absolute atomic E-state index is 11.2. The van der Waals surface area contributed by atoms with Crippen LogP contribution in [0.4, 0.5) is 0 Å². The number of methoxy groups -OCH3 is 3. The van der Waals surface area contributed by atoms with Crippen molar-refractivity contribution in [2.24, 2.45) is 0 Å². The first-order valence-electron chi connectivity index (χ1n) is 9.38. The molecule has 1 heterocycles. The van der Waals surface area contributed by atoms with E-state index in [-0.39, 0.29) is 16.8 Å². The lowest BCUT2D eigenvalue weighted by molar-refractivity contribution is 0.0599. The van der Waals surface area contributed by atoms with Gasteiger partial charge in [0.05, 0.1) is 43.2 Å². The smallest absolute Gasteiger partial charge is 0.492 e. The molecule has 3 aromatic rings. The Hall–Kier alpha value is -3.60. The maximum Gasteiger partial charge on any atom is 0.492 e. The number of hydrogen-bond acceptors (Lipinski definition) is 8. The van der Waals surface area contributed by atoms with Gasteiger partial charge < -0.3 is 29.4 Å². The number of ether oxygens (including phenoxy) is 3. The van der Waals surface area contributed by atoms with Gasteiger partial charge >= 0.3 is 19.1 Å². The lowest BCUT2D eigenvalue weighted by Crippen LogP contribution is -2.31. The van der Waals surface area contributed by atoms with Gasteiger partial charge in [-0.1, -0.05) is 17.7 Å². The molecule has 0 amide bonds. The Labute approximate surface area is 195 Å². The molecule has 1 aromatic heterocycles. The summed E-state index contributed by atoms with van der Waals surface area (Å²) in [5.74, 6) is -0.859. The average Bonchev–Trinajstić information content (AvgIpc) is 2.83. The molecule has 0 radical (unpaired) electrons. The molecule has 172 valence electrons. The molecule has 0 atom stereocenters. The summed E-state index contributed by atoms with van der Waals surface area (Å²) in [5, 5.41) is 27.4. The second kappa shape index (κ2) is 11.9. The number of carbonyl (C=O) groups excluding carboxylic acids is 1. The normalized spacial score (nSPS) is 9.88. The number of aromatic carboxylic acids is 1. The molecule has 2 aromatic carbocycles. The van der Waals surface area contributed by atoms with Crippen molar-refractivity contribution in [1.82, 2.24) is 4.98 Å². The summed E-state index contributed by atoms with van der Waals surface area (Å²) in [6, 6.07) is 12.2. The molecule has 3 rings (SSSR count). The van der Waals surface area contributed by atoms with Crippen LogP contribution in [0.15, 0.2) is 54.7 Å². The molecule has 0 bridgehead atoms. The highest BCUT2D eigenvalue weighted by Crippen LogP contribution is 2.33. The zero-order valence-electron chi connectivity index (χ0n) is 18.0. The van der Waals surface area contributed by atoms with Crippen LogP contribution in [-0.4, -0.2) is 60.5 Å². The second-order valence-electron chi connectivity index (χ2n) is 6.38. The quantitative estimate of drug-likeness (QED) is 0.364. The van der Waals surface area contributed by atoms with E-state index >= 15 is 0 Å². The van der Waals surface area contributed by atoms with E-state index in [1.54, 1.807) is 24.4 Å². The Morgan fingerprint density at radius 2 is 1.58 bits per heavy atom. The number of carbonyl (C=O) groups is 2. The molecule has 0 spiro atoms. The summed E-state index contributed by atoms with van der Waals surface area (Å²) in [4.78, 5) is 26.2. The lowest BCUT2D eigenvalue weighted by Gasteiger charge is -2.09. The molecular formula is C22H21BClNO8. The number of carboxylic acid groups (broad SMARTS) is 1. The molecule has 11 heteroatoms. The van der Waals surface area contributed by atoms with Crippen LogP contribution in [0.5, 0.6) is 11.5 Å². The van der Waals surface area contributed by atoms with Crippen LogP contribution < -0.4 is 14.9 Å². The van der Waals surface area contributed by atoms with E-state index in [2.05, 4.69) is 9.72 Å². The first-order valence-corrected chi connectivity index (χ1v) is 9.75. The Bertz CT molecular complexity index is 1140. The zero-order valence-corrected chi connectivity index (χ0v) is 18.7. The van der Waals surface area contributed by atoms with Crippen LogP contribution in [0.25, 0.3) is 11.3 Å². The number of aromatic nitrogens is 1. The Balaban J connectivity index is 0.000000238. The number of halogens is 1. The monoisotopic (exact) mass is 473 g/mol. The van der Waals surface area contributed by atoms with Gasteiger partial charge in [0.15, 0.2) is 0 Å². The third-order valence-corrected chi connectivity index (χ3v) is 4.70. The maximum atomic E-state index is 11.2. The van der Waals surface area contributed by atoms with Gasteiger partial charge in [0.25, 0.3) is 0 Å². The van der Waals surface area contributed by atoms with Gasteiger partial charge in [-0.05, 0) is 42.5 Å². The third-order valence-electron chi connectivity index (χ3n) is 4.39. The highest BCUT2D eigenvalue weighted by Gasteiger charge is 2.19. The summed E-state index contributed by atoms with van der Waals surface area (Å²) in [7, 11) is 2.49. The van der Waals surface area contributed by atoms with E-state index in [1.165, 1.54) is 51.7 Å². The first-order chi connectivity index (χ1) is 15.7. The van der Waals surface area contributed by atoms with Gasteiger partial charge in [-0.3, -0.25) is 4.98 Å². The molecule has 0 aliphatic rings. The fourth-order valence-corrected chi connectivity index (χ4v) is 3.00. The molecule has 0 saturated carbocycles. The molecule has 0 fully saturated rings. The highest BCUT2D eigenvalue weighted by molar-refractivity contribution is 6.59. The standard InChI is InChI=1S/C13H10ClNO3.C9H11BO5/c1-18-11-7-8(13(16)17)4-5-9(11)12-10(14)3-2-6-15-12;1-14-8-5-6(9(11)15-2)3-4-7(8)10(12)13/h2-7H,1H3,(H,16,17);3-5,12-13H,1-2H3. The second-order valence-corrected chi connectivity index (χ2v) is 6.78. The van der Waals surface area contributed by atoms with Crippen LogP contribution in [0.2, 0.25) is 5.02 Å². The van der Waals surface area contributed by atoms with E-state index in [0.29, 0.717) is 27.6 Å². The molecule has 9 nitrogen and oxygen atoms in total. The SMILES string of the molecule is COC(=O)c1ccc(B(O)O)c(OC)c1.COc1cc(C(=O)O)ccc1-c1ncccc1Cl. The minimum atomic E-state index is -1.63. The van der Waals surface area contributed by atoms with Crippen molar-refractivity contribution >= 4 is 36.1 Å². The fourth-order valence-electron chi connectivity index (χ4n) is 2.77. The number of benzene rings is 2. The van der Waals surface area contributed by atoms with Crippen LogP contribution >= 0.6 is 11.6 Å². The summed E-state index contributed by atoms with van der Waals surface area (Å²) < 4.78 is 14.6. The van der Waals surface area contributed by atoms with E-state index in [1.807, 2.05) is 0 Å². The fraction of sp³-hybridized carbons (Fsp3) is 0.136. The van der Waals surface area contributed by atoms with Gasteiger partial charge in [-0.15, -0.1) is 0 Å². The van der Waals surface area contributed by atoms with Crippen molar-refractivity contribution in [3.8, 4) is 22.8 Å². The van der Waals surface area contributed by atoms with Gasteiger partial charge in [0.2, 0.25) is 0 Å². The molecule has 0 saturated heterocycles. The summed E-state index contributed by atoms with van der Waals surface area (Å²) in [6.45, 7) is 0. The number of rotatable bonds is 6. The van der Waals surface area contributed by atoms with E-state index in [0.717, 1.165) is 0 Å². The van der Waals surface area contributed by atoms with Crippen molar-refractivity contribution in [2.75, 3.05) is 21.3 Å². The summed E-state index contributed by atoms with van der Waals surface area (Å²) in [6.07, 6.45) is 1.62. The molecular weight excluding hydrogens is 453 g/mol. The van der Waals surface area contributed by atoms with Gasteiger partial charge in [0.1, 0.15) is 11.5 Å². The minimum Gasteiger partial charge on any atom is -0.497 e. The highest BCUT2D eigenvalue weighted by atomic mass is 35.5. The van der Waals surface area contributed by atoms with Crippen LogP contribution in [0.3, 0.4) is 0 Å². The van der Waals surface area contributed by atoms with Crippen molar-refractivity contribution < 1.29 is 39.0 Å². The average molecular weight is 474 g/mol. The van der Waals surface area contributed by atoms with Crippen LogP contribution in [-0.2, 0) is 4.74 Å². The number of nitrogens with zero attached hydrogens (tertiary/aromatic N) is 1. The van der Waals surface area contributed by atoms with Gasteiger partial charge in [0, 0.05) is 17.2 Å². The number of hydrogen-bond donors (Lipinski definition) is 3. The number of carboxylic acids is 1. The van der Waals surface area contributed by atoms with Crippen molar-refractivity contribution in [3.05, 3.63) is 70.9 Å². The van der Waals surface area contributed by atoms with Gasteiger partial charge in [-0.2, -0.15) is 0 Å². The predicted molar refractivity (Wildman–Crippen MR) is 122 cm³/mol. The van der Waals surface area contributed by atoms with E-state index < -0.39 is 19.1 Å². The molecule has 0 unspecified atom stereocenters. The Morgan fingerprint density at radius 3 is 2.12 bits per heavy atom. The number of esters is 1. The number of pyridine rings is 1. The van der Waals surface area contributed by atoms with Gasteiger partial charge in [-0.25, -0.2) is 9.59 Å². The summed E-state index contributed by atoms with van der Waals surface area (Å²) >= 11 is 6.06. The predicted octanol–water partition coefficient (Wildman–Crippen LogP) is 2.27. The molecule has 3 N–H and O–H groups in total. The molecule has 0 aliphatic heterocycles. The van der Waals surface area contributed by atoms with E-state index in [9.17, 15) is 9.59 Å². The zero-order chi connectivity index (χ0) is 24.5. The van der Waals surface area contributed by atoms with Crippen LogP contribution in [0, 0.1) is 0 Å². The summed E-state index contributed by atoms with van der Waals surface area (Å²) in [5.41, 5.74) is 1.87. The van der Waals surface area contributed by atoms with Crippen LogP contribution in [0.1, 0.15) is 20.7 Å². The lowest BCUT2D eigenvalue weighted by atomic mass is 9.79.